The molecule has 1 amide bonds. The van der Waals surface area contributed by atoms with Gasteiger partial charge in [0.15, 0.2) is 11.5 Å². The van der Waals surface area contributed by atoms with Gasteiger partial charge in [0.2, 0.25) is 5.91 Å². The molecule has 23 heavy (non-hydrogen) atoms. The molecule has 0 spiro atoms. The average molecular weight is 324 g/mol. The van der Waals surface area contributed by atoms with Crippen LogP contribution in [0.1, 0.15) is 19.4 Å². The number of benzene rings is 1. The number of likely N-dealkylation sites (N-methyl/N-ethyl adjacent to an activating group) is 1. The van der Waals surface area contributed by atoms with E-state index in [1.54, 1.807) is 17.0 Å². The molecule has 7 heteroatoms. The van der Waals surface area contributed by atoms with E-state index in [1.807, 2.05) is 13.8 Å². The van der Waals surface area contributed by atoms with Crippen LogP contribution < -0.4 is 10.1 Å². The van der Waals surface area contributed by atoms with Crippen molar-refractivity contribution in [3.63, 3.8) is 0 Å². The standard InChI is InChI=1S/C16H24N2O5/c1-3-18(16(22)14-15(21)12(20)8-17-14)9-10-5-6-11(19)13(7-10)23-4-2/h5-7,12,14-15,17,19-21H,3-4,8-9H2,1-2H3/t12-,14-,15-/m1/s1. The zero-order chi connectivity index (χ0) is 17.0. The summed E-state index contributed by atoms with van der Waals surface area (Å²) in [5, 5.41) is 32.0. The van der Waals surface area contributed by atoms with Crippen LogP contribution in [-0.2, 0) is 11.3 Å². The van der Waals surface area contributed by atoms with Crippen molar-refractivity contribution in [2.45, 2.75) is 38.6 Å². The molecule has 1 aromatic carbocycles. The number of amides is 1. The second-order valence-corrected chi connectivity index (χ2v) is 5.53. The number of ether oxygens (including phenoxy) is 1. The molecule has 0 unspecified atom stereocenters. The number of aliphatic hydroxyl groups excluding tert-OH is 2. The van der Waals surface area contributed by atoms with Gasteiger partial charge in [-0.05, 0) is 31.5 Å². The van der Waals surface area contributed by atoms with E-state index < -0.39 is 18.2 Å². The van der Waals surface area contributed by atoms with Crippen molar-refractivity contribution in [3.05, 3.63) is 23.8 Å². The van der Waals surface area contributed by atoms with E-state index in [4.69, 9.17) is 4.74 Å². The molecule has 3 atom stereocenters. The SMILES string of the molecule is CCOc1cc(CN(CC)C(=O)[C@@H]2NC[C@@H](O)[C@H]2O)ccc1O. The van der Waals surface area contributed by atoms with Crippen LogP contribution in [0.2, 0.25) is 0 Å². The van der Waals surface area contributed by atoms with Crippen molar-refractivity contribution in [1.29, 1.82) is 0 Å². The van der Waals surface area contributed by atoms with Gasteiger partial charge in [-0.1, -0.05) is 6.07 Å². The van der Waals surface area contributed by atoms with Crippen molar-refractivity contribution in [2.75, 3.05) is 19.7 Å². The molecule has 1 aliphatic heterocycles. The molecule has 1 saturated heterocycles. The minimum atomic E-state index is -1.10. The van der Waals surface area contributed by atoms with Crippen molar-refractivity contribution >= 4 is 5.91 Å². The van der Waals surface area contributed by atoms with Gasteiger partial charge >= 0.3 is 0 Å². The number of aromatic hydroxyl groups is 1. The summed E-state index contributed by atoms with van der Waals surface area (Å²) in [6.45, 7) is 5.10. The molecule has 0 radical (unpaired) electrons. The predicted octanol–water partition coefficient (Wildman–Crippen LogP) is -0.167. The summed E-state index contributed by atoms with van der Waals surface area (Å²) < 4.78 is 5.35. The van der Waals surface area contributed by atoms with Gasteiger partial charge in [0.05, 0.1) is 12.7 Å². The van der Waals surface area contributed by atoms with E-state index in [0.29, 0.717) is 25.4 Å². The zero-order valence-corrected chi connectivity index (χ0v) is 13.4. The van der Waals surface area contributed by atoms with Crippen LogP contribution in [0.15, 0.2) is 18.2 Å². The molecule has 128 valence electrons. The molecule has 0 bridgehead atoms. The lowest BCUT2D eigenvalue weighted by atomic mass is 10.1. The summed E-state index contributed by atoms with van der Waals surface area (Å²) in [6, 6.07) is 4.15. The molecule has 1 heterocycles. The Morgan fingerprint density at radius 3 is 2.70 bits per heavy atom. The van der Waals surface area contributed by atoms with Crippen LogP contribution in [-0.4, -0.2) is 64.1 Å². The van der Waals surface area contributed by atoms with Gasteiger partial charge in [-0.25, -0.2) is 0 Å². The molecule has 0 saturated carbocycles. The Labute approximate surface area is 135 Å². The predicted molar refractivity (Wildman–Crippen MR) is 84.2 cm³/mol. The molecular formula is C16H24N2O5. The fourth-order valence-corrected chi connectivity index (χ4v) is 2.64. The normalized spacial score (nSPS) is 23.7. The first-order chi connectivity index (χ1) is 11.0. The van der Waals surface area contributed by atoms with Gasteiger partial charge < -0.3 is 30.3 Å². The molecule has 7 nitrogen and oxygen atoms in total. The van der Waals surface area contributed by atoms with Gasteiger partial charge in [-0.2, -0.15) is 0 Å². The summed E-state index contributed by atoms with van der Waals surface area (Å²) in [4.78, 5) is 14.1. The second-order valence-electron chi connectivity index (χ2n) is 5.53. The van der Waals surface area contributed by atoms with E-state index in [0.717, 1.165) is 5.56 Å². The van der Waals surface area contributed by atoms with Gasteiger partial charge in [-0.15, -0.1) is 0 Å². The third-order valence-electron chi connectivity index (χ3n) is 3.94. The fourth-order valence-electron chi connectivity index (χ4n) is 2.64. The molecule has 1 fully saturated rings. The van der Waals surface area contributed by atoms with Crippen molar-refractivity contribution in [2.24, 2.45) is 0 Å². The highest BCUT2D eigenvalue weighted by molar-refractivity contribution is 5.83. The number of phenolic OH excluding ortho intramolecular Hbond substituents is 1. The Balaban J connectivity index is 2.10. The zero-order valence-electron chi connectivity index (χ0n) is 13.4. The van der Waals surface area contributed by atoms with Gasteiger partial charge in [-0.3, -0.25) is 4.79 Å². The topological polar surface area (TPSA) is 102 Å². The first kappa shape index (κ1) is 17.5. The number of nitrogens with one attached hydrogen (secondary N) is 1. The van der Waals surface area contributed by atoms with Crippen LogP contribution >= 0.6 is 0 Å². The summed E-state index contributed by atoms with van der Waals surface area (Å²) in [6.07, 6.45) is -2.03. The Bertz CT molecular complexity index is 551. The maximum absolute atomic E-state index is 12.5. The lowest BCUT2D eigenvalue weighted by Crippen LogP contribution is -2.48. The van der Waals surface area contributed by atoms with Crippen molar-refractivity contribution in [3.8, 4) is 11.5 Å². The third kappa shape index (κ3) is 3.93. The van der Waals surface area contributed by atoms with Crippen LogP contribution in [0.25, 0.3) is 0 Å². The van der Waals surface area contributed by atoms with Gasteiger partial charge in [0.25, 0.3) is 0 Å². The Morgan fingerprint density at radius 1 is 1.39 bits per heavy atom. The number of β-amino-alcohol motifs (C(OH)–C–C–N with tert-alkyl or cyclic N) is 1. The highest BCUT2D eigenvalue weighted by Gasteiger charge is 2.39. The highest BCUT2D eigenvalue weighted by Crippen LogP contribution is 2.27. The summed E-state index contributed by atoms with van der Waals surface area (Å²) in [5.74, 6) is 0.173. The lowest BCUT2D eigenvalue weighted by molar-refractivity contribution is -0.136. The molecule has 0 aliphatic carbocycles. The maximum Gasteiger partial charge on any atom is 0.242 e. The van der Waals surface area contributed by atoms with E-state index in [2.05, 4.69) is 5.32 Å². The minimum absolute atomic E-state index is 0.0565. The van der Waals surface area contributed by atoms with Crippen molar-refractivity contribution in [1.82, 2.24) is 10.2 Å². The number of nitrogens with zero attached hydrogens (tertiary/aromatic N) is 1. The van der Waals surface area contributed by atoms with Crippen LogP contribution in [0, 0.1) is 0 Å². The number of carbonyl (C=O) groups excluding carboxylic acids is 1. The van der Waals surface area contributed by atoms with Crippen molar-refractivity contribution < 1.29 is 24.9 Å². The molecular weight excluding hydrogens is 300 g/mol. The number of carbonyl (C=O) groups is 1. The summed E-state index contributed by atoms with van der Waals surface area (Å²) >= 11 is 0. The Kier molecular flexibility index (Phi) is 5.81. The monoisotopic (exact) mass is 324 g/mol. The smallest absolute Gasteiger partial charge is 0.242 e. The van der Waals surface area contributed by atoms with Crippen LogP contribution in [0.5, 0.6) is 11.5 Å². The Hall–Kier alpha value is -1.83. The van der Waals surface area contributed by atoms with Gasteiger partial charge in [0, 0.05) is 19.6 Å². The summed E-state index contributed by atoms with van der Waals surface area (Å²) in [5.41, 5.74) is 0.814. The number of hydrogen-bond donors (Lipinski definition) is 4. The molecule has 2 rings (SSSR count). The first-order valence-electron chi connectivity index (χ1n) is 7.80. The lowest BCUT2D eigenvalue weighted by Gasteiger charge is -2.26. The molecule has 1 aromatic rings. The number of aliphatic hydroxyl groups is 2. The molecule has 4 N–H and O–H groups in total. The third-order valence-corrected chi connectivity index (χ3v) is 3.94. The number of rotatable bonds is 6. The van der Waals surface area contributed by atoms with E-state index >= 15 is 0 Å². The van der Waals surface area contributed by atoms with Gasteiger partial charge in [0.1, 0.15) is 12.1 Å². The minimum Gasteiger partial charge on any atom is -0.504 e. The number of hydrogen-bond acceptors (Lipinski definition) is 6. The largest absolute Gasteiger partial charge is 0.504 e. The Morgan fingerprint density at radius 2 is 2.13 bits per heavy atom. The first-order valence-corrected chi connectivity index (χ1v) is 7.80. The molecule has 1 aliphatic rings. The number of phenols is 1. The van der Waals surface area contributed by atoms with Crippen LogP contribution in [0.3, 0.4) is 0 Å². The van der Waals surface area contributed by atoms with E-state index in [1.165, 1.54) is 6.07 Å². The van der Waals surface area contributed by atoms with E-state index in [-0.39, 0.29) is 18.2 Å². The maximum atomic E-state index is 12.5. The highest BCUT2D eigenvalue weighted by atomic mass is 16.5. The van der Waals surface area contributed by atoms with E-state index in [9.17, 15) is 20.1 Å². The molecule has 0 aromatic heterocycles. The quantitative estimate of drug-likeness (QED) is 0.580. The average Bonchev–Trinajstić information content (AvgIpc) is 2.87. The fraction of sp³-hybridized carbons (Fsp3) is 0.562. The van der Waals surface area contributed by atoms with Crippen LogP contribution in [0.4, 0.5) is 0 Å². The summed E-state index contributed by atoms with van der Waals surface area (Å²) in [7, 11) is 0. The second kappa shape index (κ2) is 7.63.